The van der Waals surface area contributed by atoms with Gasteiger partial charge >= 0.3 is 11.9 Å². The molecule has 0 fully saturated rings. The minimum Gasteiger partial charge on any atom is -0.481 e. The van der Waals surface area contributed by atoms with Crippen LogP contribution in [-0.4, -0.2) is 112 Å². The first-order chi connectivity index (χ1) is 25.4. The van der Waals surface area contributed by atoms with Crippen LogP contribution in [0.1, 0.15) is 143 Å². The summed E-state index contributed by atoms with van der Waals surface area (Å²) in [5.41, 5.74) is -0.805. The summed E-state index contributed by atoms with van der Waals surface area (Å²) in [5.74, 6) is -2.82. The van der Waals surface area contributed by atoms with Crippen molar-refractivity contribution in [1.82, 2.24) is 16.0 Å². The van der Waals surface area contributed by atoms with Crippen LogP contribution in [0, 0.1) is 0 Å². The van der Waals surface area contributed by atoms with Gasteiger partial charge in [0.15, 0.2) is 0 Å². The average Bonchev–Trinajstić information content (AvgIpc) is 3.09. The molecule has 14 nitrogen and oxygen atoms in total. The zero-order valence-electron chi connectivity index (χ0n) is 33.4. The number of carbonyl (C=O) groups is 5. The molecule has 4 N–H and O–H groups in total. The second-order valence-corrected chi connectivity index (χ2v) is 14.3. The Morgan fingerprint density at radius 1 is 0.547 bits per heavy atom. The summed E-state index contributed by atoms with van der Waals surface area (Å²) < 4.78 is 26.9. The van der Waals surface area contributed by atoms with Gasteiger partial charge in [-0.25, -0.2) is 4.79 Å². The third-order valence-electron chi connectivity index (χ3n) is 7.97. The molecule has 1 unspecified atom stereocenters. The quantitative estimate of drug-likeness (QED) is 0.0479. The monoisotopic (exact) mass is 760 g/mol. The van der Waals surface area contributed by atoms with Crippen LogP contribution in [0.4, 0.5) is 0 Å². The first-order valence-corrected chi connectivity index (χ1v) is 20.0. The molecule has 0 saturated heterocycles. The van der Waals surface area contributed by atoms with E-state index in [1.807, 2.05) is 0 Å². The fourth-order valence-electron chi connectivity index (χ4n) is 5.15. The average molecular weight is 760 g/mol. The Labute approximate surface area is 318 Å². The molecule has 0 saturated carbocycles. The molecule has 0 aromatic carbocycles. The van der Waals surface area contributed by atoms with Crippen molar-refractivity contribution in [3.8, 4) is 0 Å². The van der Waals surface area contributed by atoms with Gasteiger partial charge in [-0.3, -0.25) is 19.2 Å². The van der Waals surface area contributed by atoms with Crippen LogP contribution in [0.3, 0.4) is 0 Å². The second-order valence-electron chi connectivity index (χ2n) is 14.3. The molecule has 0 aromatic rings. The summed E-state index contributed by atoms with van der Waals surface area (Å²) in [4.78, 5) is 59.4. The van der Waals surface area contributed by atoms with Crippen molar-refractivity contribution in [1.29, 1.82) is 0 Å². The van der Waals surface area contributed by atoms with Gasteiger partial charge in [0, 0.05) is 39.1 Å². The molecule has 53 heavy (non-hydrogen) atoms. The van der Waals surface area contributed by atoms with Crippen LogP contribution in [0.5, 0.6) is 0 Å². The summed E-state index contributed by atoms with van der Waals surface area (Å²) in [6.45, 7) is 10.1. The molecule has 0 rings (SSSR count). The molecule has 0 bridgehead atoms. The van der Waals surface area contributed by atoms with Crippen LogP contribution in [0.25, 0.3) is 0 Å². The summed E-state index contributed by atoms with van der Waals surface area (Å²) in [6, 6.07) is -1.14. The molecular weight excluding hydrogens is 686 g/mol. The van der Waals surface area contributed by atoms with Crippen LogP contribution in [-0.2, 0) is 47.7 Å². The number of rotatable bonds is 37. The van der Waals surface area contributed by atoms with Crippen molar-refractivity contribution >= 4 is 29.7 Å². The van der Waals surface area contributed by atoms with E-state index in [4.69, 9.17) is 28.8 Å². The Morgan fingerprint density at radius 2 is 1.00 bits per heavy atom. The van der Waals surface area contributed by atoms with E-state index >= 15 is 0 Å². The fraction of sp³-hybridized carbons (Fsp3) is 0.872. The van der Waals surface area contributed by atoms with E-state index in [1.165, 1.54) is 70.6 Å². The number of amides is 3. The van der Waals surface area contributed by atoms with E-state index in [1.54, 1.807) is 20.8 Å². The Hall–Kier alpha value is -2.81. The molecule has 3 amide bonds. The predicted octanol–water partition coefficient (Wildman–Crippen LogP) is 5.24. The first kappa shape index (κ1) is 50.2. The largest absolute Gasteiger partial charge is 0.481 e. The number of carbonyl (C=O) groups excluding carboxylic acids is 4. The summed E-state index contributed by atoms with van der Waals surface area (Å²) in [6.07, 6.45) is 18.3. The van der Waals surface area contributed by atoms with E-state index in [-0.39, 0.29) is 25.4 Å². The van der Waals surface area contributed by atoms with E-state index < -0.39 is 42.0 Å². The van der Waals surface area contributed by atoms with Crippen molar-refractivity contribution in [3.63, 3.8) is 0 Å². The smallest absolute Gasteiger partial charge is 0.329 e. The van der Waals surface area contributed by atoms with Crippen LogP contribution in [0.15, 0.2) is 0 Å². The predicted molar refractivity (Wildman–Crippen MR) is 203 cm³/mol. The van der Waals surface area contributed by atoms with Crippen molar-refractivity contribution in [2.75, 3.05) is 65.9 Å². The molecule has 0 radical (unpaired) electrons. The second kappa shape index (κ2) is 34.9. The molecule has 1 atom stereocenters. The third-order valence-corrected chi connectivity index (χ3v) is 7.97. The molecule has 14 heteroatoms. The lowest BCUT2D eigenvalue weighted by atomic mass is 10.0. The molecule has 0 aliphatic carbocycles. The molecule has 0 aromatic heterocycles. The number of esters is 1. The molecule has 310 valence electrons. The Bertz CT molecular complexity index is 959. The molecule has 0 aliphatic rings. The van der Waals surface area contributed by atoms with Gasteiger partial charge in [0.05, 0.1) is 26.4 Å². The normalized spacial score (nSPS) is 11.9. The van der Waals surface area contributed by atoms with Gasteiger partial charge in [-0.05, 0) is 46.5 Å². The zero-order chi connectivity index (χ0) is 39.4. The third kappa shape index (κ3) is 37.3. The standard InChI is InChI=1S/C39H73N3O11/c1-5-6-7-8-9-10-11-12-13-14-15-16-17-20-34(43)40-23-18-25-49-27-29-51-30-28-50-26-19-24-41-35(44)31-52-32-36(45)42-33(21-22-37(46)47)38(48)53-39(2,3)4/h33H,5-32H2,1-4H3,(H,40,43)(H,41,44)(H,42,45)(H,46,47). The van der Waals surface area contributed by atoms with Gasteiger partial charge in [0.2, 0.25) is 17.7 Å². The molecule has 0 heterocycles. The Kier molecular flexibility index (Phi) is 33.1. The minimum atomic E-state index is -1.14. The van der Waals surface area contributed by atoms with Crippen LogP contribution in [0.2, 0.25) is 0 Å². The molecule has 0 spiro atoms. The molecule has 0 aliphatic heterocycles. The van der Waals surface area contributed by atoms with Crippen molar-refractivity contribution in [3.05, 3.63) is 0 Å². The van der Waals surface area contributed by atoms with Crippen LogP contribution >= 0.6 is 0 Å². The number of hydrogen-bond donors (Lipinski definition) is 4. The van der Waals surface area contributed by atoms with Gasteiger partial charge in [-0.2, -0.15) is 0 Å². The maximum absolute atomic E-state index is 12.3. The highest BCUT2D eigenvalue weighted by Crippen LogP contribution is 2.13. The van der Waals surface area contributed by atoms with E-state index in [0.29, 0.717) is 65.6 Å². The first-order valence-electron chi connectivity index (χ1n) is 20.0. The highest BCUT2D eigenvalue weighted by atomic mass is 16.6. The van der Waals surface area contributed by atoms with Crippen molar-refractivity contribution < 1.29 is 52.8 Å². The maximum atomic E-state index is 12.3. The minimum absolute atomic E-state index is 0.120. The summed E-state index contributed by atoms with van der Waals surface area (Å²) in [5, 5.41) is 17.0. The number of unbranched alkanes of at least 4 members (excludes halogenated alkanes) is 12. The lowest BCUT2D eigenvalue weighted by Crippen LogP contribution is -2.46. The highest BCUT2D eigenvalue weighted by molar-refractivity contribution is 5.86. The number of carboxylic acid groups (broad SMARTS) is 1. The number of ether oxygens (including phenoxy) is 5. The van der Waals surface area contributed by atoms with Gasteiger partial charge < -0.3 is 44.7 Å². The SMILES string of the molecule is CCCCCCCCCCCCCCCC(=O)NCCCOCCOCCOCCCNC(=O)COCC(=O)NC(CCC(=O)O)C(=O)OC(C)(C)C. The lowest BCUT2D eigenvalue weighted by molar-refractivity contribution is -0.159. The van der Waals surface area contributed by atoms with Gasteiger partial charge in [-0.15, -0.1) is 0 Å². The maximum Gasteiger partial charge on any atom is 0.329 e. The summed E-state index contributed by atoms with van der Waals surface area (Å²) in [7, 11) is 0. The van der Waals surface area contributed by atoms with Crippen LogP contribution < -0.4 is 16.0 Å². The van der Waals surface area contributed by atoms with E-state index in [9.17, 15) is 24.0 Å². The van der Waals surface area contributed by atoms with E-state index in [0.717, 1.165) is 19.3 Å². The summed E-state index contributed by atoms with van der Waals surface area (Å²) >= 11 is 0. The van der Waals surface area contributed by atoms with Gasteiger partial charge in [-0.1, -0.05) is 84.0 Å². The topological polar surface area (TPSA) is 188 Å². The van der Waals surface area contributed by atoms with E-state index in [2.05, 4.69) is 22.9 Å². The Morgan fingerprint density at radius 3 is 1.49 bits per heavy atom. The zero-order valence-corrected chi connectivity index (χ0v) is 33.4. The highest BCUT2D eigenvalue weighted by Gasteiger charge is 2.27. The van der Waals surface area contributed by atoms with Crippen molar-refractivity contribution in [2.24, 2.45) is 0 Å². The number of aliphatic carboxylic acids is 1. The number of nitrogens with one attached hydrogen (secondary N) is 3. The number of hydrogen-bond acceptors (Lipinski definition) is 10. The Balaban J connectivity index is 3.56. The van der Waals surface area contributed by atoms with Gasteiger partial charge in [0.1, 0.15) is 24.9 Å². The number of carboxylic acids is 1. The lowest BCUT2D eigenvalue weighted by Gasteiger charge is -2.24. The van der Waals surface area contributed by atoms with Gasteiger partial charge in [0.25, 0.3) is 0 Å². The fourth-order valence-corrected chi connectivity index (χ4v) is 5.15. The molecular formula is C39H73N3O11. The van der Waals surface area contributed by atoms with Crippen molar-refractivity contribution in [2.45, 2.75) is 155 Å².